The standard InChI is InChI=1S/C8H14S/c1-7-4-3-5-9-6-8(7)2/h3-6H2,1-2H3. The van der Waals surface area contributed by atoms with Gasteiger partial charge in [0, 0.05) is 5.75 Å². The van der Waals surface area contributed by atoms with E-state index in [0.717, 1.165) is 0 Å². The van der Waals surface area contributed by atoms with Crippen molar-refractivity contribution in [2.24, 2.45) is 0 Å². The van der Waals surface area contributed by atoms with Crippen LogP contribution in [0, 0.1) is 0 Å². The van der Waals surface area contributed by atoms with Gasteiger partial charge in [-0.05, 0) is 32.4 Å². The van der Waals surface area contributed by atoms with Crippen molar-refractivity contribution in [2.75, 3.05) is 11.5 Å². The highest BCUT2D eigenvalue weighted by Gasteiger charge is 2.02. The predicted molar refractivity (Wildman–Crippen MR) is 44.9 cm³/mol. The van der Waals surface area contributed by atoms with Crippen molar-refractivity contribution in [1.29, 1.82) is 0 Å². The van der Waals surface area contributed by atoms with Crippen LogP contribution in [0.15, 0.2) is 11.1 Å². The molecule has 0 aromatic heterocycles. The number of hydrogen-bond donors (Lipinski definition) is 0. The van der Waals surface area contributed by atoms with Gasteiger partial charge in [-0.3, -0.25) is 0 Å². The summed E-state index contributed by atoms with van der Waals surface area (Å²) in [6.07, 6.45) is 2.71. The van der Waals surface area contributed by atoms with Crippen molar-refractivity contribution >= 4 is 11.8 Å². The predicted octanol–water partition coefficient (Wildman–Crippen LogP) is 2.85. The van der Waals surface area contributed by atoms with Gasteiger partial charge in [-0.2, -0.15) is 11.8 Å². The first-order valence-corrected chi connectivity index (χ1v) is 4.69. The lowest BCUT2D eigenvalue weighted by atomic mass is 10.1. The third kappa shape index (κ3) is 2.05. The van der Waals surface area contributed by atoms with Gasteiger partial charge in [0.1, 0.15) is 0 Å². The summed E-state index contributed by atoms with van der Waals surface area (Å²) >= 11 is 2.07. The summed E-state index contributed by atoms with van der Waals surface area (Å²) in [5.74, 6) is 2.63. The first-order valence-electron chi connectivity index (χ1n) is 3.53. The van der Waals surface area contributed by atoms with E-state index >= 15 is 0 Å². The lowest BCUT2D eigenvalue weighted by molar-refractivity contribution is 0.911. The summed E-state index contributed by atoms with van der Waals surface area (Å²) < 4.78 is 0. The smallest absolute Gasteiger partial charge is 0.0143 e. The normalized spacial score (nSPS) is 22.0. The van der Waals surface area contributed by atoms with E-state index in [4.69, 9.17) is 0 Å². The minimum absolute atomic E-state index is 1.27. The summed E-state index contributed by atoms with van der Waals surface area (Å²) in [5.41, 5.74) is 3.23. The molecule has 0 amide bonds. The van der Waals surface area contributed by atoms with Gasteiger partial charge in [-0.15, -0.1) is 0 Å². The molecule has 0 bridgehead atoms. The summed E-state index contributed by atoms with van der Waals surface area (Å²) in [6.45, 7) is 4.52. The van der Waals surface area contributed by atoms with Gasteiger partial charge in [-0.1, -0.05) is 11.1 Å². The van der Waals surface area contributed by atoms with Crippen LogP contribution in [0.1, 0.15) is 26.7 Å². The highest BCUT2D eigenvalue weighted by Crippen LogP contribution is 2.21. The zero-order chi connectivity index (χ0) is 6.69. The molecule has 0 aromatic carbocycles. The maximum absolute atomic E-state index is 2.27. The molecule has 0 aliphatic carbocycles. The van der Waals surface area contributed by atoms with Crippen LogP contribution in [0.2, 0.25) is 0 Å². The van der Waals surface area contributed by atoms with E-state index in [1.807, 2.05) is 0 Å². The number of rotatable bonds is 0. The Balaban J connectivity index is 2.55. The summed E-state index contributed by atoms with van der Waals surface area (Å²) in [6, 6.07) is 0. The van der Waals surface area contributed by atoms with Gasteiger partial charge < -0.3 is 0 Å². The number of thioether (sulfide) groups is 1. The Kier molecular flexibility index (Phi) is 2.65. The Morgan fingerprint density at radius 1 is 1.22 bits per heavy atom. The molecule has 0 spiro atoms. The molecule has 0 saturated carbocycles. The second-order valence-electron chi connectivity index (χ2n) is 2.72. The Morgan fingerprint density at radius 3 is 2.78 bits per heavy atom. The molecule has 1 heterocycles. The Bertz CT molecular complexity index is 111. The van der Waals surface area contributed by atoms with Crippen LogP contribution in [0.25, 0.3) is 0 Å². The highest BCUT2D eigenvalue weighted by atomic mass is 32.2. The summed E-state index contributed by atoms with van der Waals surface area (Å²) in [4.78, 5) is 0. The lowest BCUT2D eigenvalue weighted by Gasteiger charge is -1.98. The molecule has 52 valence electrons. The van der Waals surface area contributed by atoms with Crippen molar-refractivity contribution < 1.29 is 0 Å². The molecule has 0 nitrogen and oxygen atoms in total. The van der Waals surface area contributed by atoms with E-state index in [0.29, 0.717) is 0 Å². The average Bonchev–Trinajstić information content (AvgIpc) is 1.99. The molecule has 1 heteroatoms. The van der Waals surface area contributed by atoms with Crippen LogP contribution < -0.4 is 0 Å². The Morgan fingerprint density at radius 2 is 2.00 bits per heavy atom. The fourth-order valence-electron chi connectivity index (χ4n) is 1.00. The van der Waals surface area contributed by atoms with E-state index in [1.54, 1.807) is 11.1 Å². The maximum Gasteiger partial charge on any atom is 0.0143 e. The first-order chi connectivity index (χ1) is 4.30. The minimum Gasteiger partial charge on any atom is -0.158 e. The zero-order valence-electron chi connectivity index (χ0n) is 6.24. The molecule has 1 aliphatic rings. The molecule has 1 rings (SSSR count). The molecule has 0 saturated heterocycles. The quantitative estimate of drug-likeness (QED) is 0.469. The zero-order valence-corrected chi connectivity index (χ0v) is 7.05. The van der Waals surface area contributed by atoms with Crippen molar-refractivity contribution in [3.8, 4) is 0 Å². The van der Waals surface area contributed by atoms with Crippen LogP contribution in [0.4, 0.5) is 0 Å². The van der Waals surface area contributed by atoms with Crippen LogP contribution >= 0.6 is 11.8 Å². The SMILES string of the molecule is CC1=C(C)CSCCC1. The van der Waals surface area contributed by atoms with E-state index in [-0.39, 0.29) is 0 Å². The second kappa shape index (κ2) is 3.31. The molecule has 0 unspecified atom stereocenters. The monoisotopic (exact) mass is 142 g/mol. The molecule has 0 N–H and O–H groups in total. The van der Waals surface area contributed by atoms with Crippen molar-refractivity contribution in [3.63, 3.8) is 0 Å². The van der Waals surface area contributed by atoms with Gasteiger partial charge in [0.2, 0.25) is 0 Å². The van der Waals surface area contributed by atoms with Crippen molar-refractivity contribution in [1.82, 2.24) is 0 Å². The van der Waals surface area contributed by atoms with Gasteiger partial charge in [0.15, 0.2) is 0 Å². The Hall–Kier alpha value is 0.0900. The fraction of sp³-hybridized carbons (Fsp3) is 0.750. The molecule has 9 heavy (non-hydrogen) atoms. The van der Waals surface area contributed by atoms with E-state index in [9.17, 15) is 0 Å². The third-order valence-electron chi connectivity index (χ3n) is 1.89. The molecule has 0 radical (unpaired) electrons. The number of allylic oxidation sites excluding steroid dienone is 1. The van der Waals surface area contributed by atoms with E-state index < -0.39 is 0 Å². The minimum atomic E-state index is 1.27. The van der Waals surface area contributed by atoms with E-state index in [1.165, 1.54) is 24.3 Å². The van der Waals surface area contributed by atoms with Crippen molar-refractivity contribution in [2.45, 2.75) is 26.7 Å². The molecule has 0 fully saturated rings. The third-order valence-corrected chi connectivity index (χ3v) is 3.10. The van der Waals surface area contributed by atoms with Crippen LogP contribution in [0.5, 0.6) is 0 Å². The molecule has 0 aromatic rings. The number of hydrogen-bond acceptors (Lipinski definition) is 1. The highest BCUT2D eigenvalue weighted by molar-refractivity contribution is 7.99. The van der Waals surface area contributed by atoms with Crippen LogP contribution in [0.3, 0.4) is 0 Å². The summed E-state index contributed by atoms with van der Waals surface area (Å²) in [7, 11) is 0. The van der Waals surface area contributed by atoms with E-state index in [2.05, 4.69) is 25.6 Å². The van der Waals surface area contributed by atoms with Gasteiger partial charge in [0.25, 0.3) is 0 Å². The average molecular weight is 142 g/mol. The largest absolute Gasteiger partial charge is 0.158 e. The first kappa shape index (κ1) is 7.20. The van der Waals surface area contributed by atoms with Gasteiger partial charge >= 0.3 is 0 Å². The second-order valence-corrected chi connectivity index (χ2v) is 3.82. The van der Waals surface area contributed by atoms with Gasteiger partial charge in [0.05, 0.1) is 0 Å². The van der Waals surface area contributed by atoms with Crippen LogP contribution in [-0.4, -0.2) is 11.5 Å². The molecule has 1 aliphatic heterocycles. The Labute approximate surface area is 61.7 Å². The molecular formula is C8H14S. The van der Waals surface area contributed by atoms with Crippen LogP contribution in [-0.2, 0) is 0 Å². The van der Waals surface area contributed by atoms with Crippen molar-refractivity contribution in [3.05, 3.63) is 11.1 Å². The molecular weight excluding hydrogens is 128 g/mol. The topological polar surface area (TPSA) is 0 Å². The summed E-state index contributed by atoms with van der Waals surface area (Å²) in [5, 5.41) is 0. The lowest BCUT2D eigenvalue weighted by Crippen LogP contribution is -1.82. The van der Waals surface area contributed by atoms with Gasteiger partial charge in [-0.25, -0.2) is 0 Å². The fourth-order valence-corrected chi connectivity index (χ4v) is 2.05. The maximum atomic E-state index is 2.27. The molecule has 0 atom stereocenters.